The minimum absolute atomic E-state index is 0.165. The molecule has 0 saturated heterocycles. The van der Waals surface area contributed by atoms with E-state index >= 15 is 0 Å². The number of thiocarbonyl (C=S) groups is 1. The first kappa shape index (κ1) is 20.8. The molecule has 26 heavy (non-hydrogen) atoms. The van der Waals surface area contributed by atoms with Crippen molar-refractivity contribution in [2.24, 2.45) is 0 Å². The van der Waals surface area contributed by atoms with Crippen LogP contribution in [-0.4, -0.2) is 21.0 Å². The summed E-state index contributed by atoms with van der Waals surface area (Å²) in [5, 5.41) is 8.68. The maximum Gasteiger partial charge on any atom is 0.228 e. The number of para-hydroxylation sites is 1. The Bertz CT molecular complexity index is 749. The Hall–Kier alpha value is -1.53. The van der Waals surface area contributed by atoms with Crippen LogP contribution in [0, 0.1) is 6.92 Å². The Balaban J connectivity index is 1.97. The zero-order chi connectivity index (χ0) is 19.2. The summed E-state index contributed by atoms with van der Waals surface area (Å²) in [4.78, 5) is 12.3. The summed E-state index contributed by atoms with van der Waals surface area (Å²) in [6, 6.07) is 16.9. The molecule has 3 N–H and O–H groups in total. The maximum atomic E-state index is 12.3. The van der Waals surface area contributed by atoms with Gasteiger partial charge in [-0.1, -0.05) is 82.8 Å². The van der Waals surface area contributed by atoms with Crippen molar-refractivity contribution in [2.75, 3.05) is 5.32 Å². The fraction of sp³-hybridized carbons (Fsp3) is 0.222. The predicted molar refractivity (Wildman–Crippen MR) is 113 cm³/mol. The number of hydrogen-bond acceptors (Lipinski definition) is 2. The van der Waals surface area contributed by atoms with Gasteiger partial charge in [-0.25, -0.2) is 0 Å². The van der Waals surface area contributed by atoms with E-state index < -0.39 is 9.96 Å². The maximum absolute atomic E-state index is 12.3. The minimum Gasteiger partial charge on any atom is -0.339 e. The molecule has 1 amide bonds. The number of carbonyl (C=O) groups is 1. The Morgan fingerprint density at radius 1 is 1.04 bits per heavy atom. The van der Waals surface area contributed by atoms with Gasteiger partial charge in [-0.3, -0.25) is 4.79 Å². The van der Waals surface area contributed by atoms with Crippen molar-refractivity contribution in [2.45, 2.75) is 23.3 Å². The molecule has 1 atom stereocenters. The van der Waals surface area contributed by atoms with Gasteiger partial charge in [0, 0.05) is 5.69 Å². The van der Waals surface area contributed by atoms with Crippen LogP contribution in [-0.2, 0) is 11.2 Å². The molecule has 138 valence electrons. The summed E-state index contributed by atoms with van der Waals surface area (Å²) in [6.07, 6.45) is -0.827. The molecule has 0 aliphatic heterocycles. The third-order valence-corrected chi connectivity index (χ3v) is 4.30. The summed E-state index contributed by atoms with van der Waals surface area (Å²) < 4.78 is -1.79. The molecule has 0 saturated carbocycles. The van der Waals surface area contributed by atoms with E-state index in [0.717, 1.165) is 16.8 Å². The van der Waals surface area contributed by atoms with E-state index in [1.807, 2.05) is 61.5 Å². The number of hydrogen-bond donors (Lipinski definition) is 3. The van der Waals surface area contributed by atoms with E-state index in [2.05, 4.69) is 16.0 Å². The molecule has 0 bridgehead atoms. The van der Waals surface area contributed by atoms with E-state index in [1.54, 1.807) is 0 Å². The minimum atomic E-state index is -1.79. The number of nitrogens with one attached hydrogen (secondary N) is 3. The van der Waals surface area contributed by atoms with Crippen LogP contribution >= 0.6 is 47.0 Å². The smallest absolute Gasteiger partial charge is 0.228 e. The second kappa shape index (κ2) is 9.42. The molecular weight excluding hydrogens is 413 g/mol. The molecule has 0 radical (unpaired) electrons. The molecule has 0 fully saturated rings. The lowest BCUT2D eigenvalue weighted by Gasteiger charge is -2.27. The van der Waals surface area contributed by atoms with Gasteiger partial charge in [-0.05, 0) is 36.8 Å². The van der Waals surface area contributed by atoms with Crippen molar-refractivity contribution in [3.05, 3.63) is 65.7 Å². The van der Waals surface area contributed by atoms with E-state index in [9.17, 15) is 4.79 Å². The second-order valence-electron chi connectivity index (χ2n) is 5.67. The number of anilines is 1. The number of benzene rings is 2. The number of carbonyl (C=O) groups excluding carboxylic acids is 1. The summed E-state index contributed by atoms with van der Waals surface area (Å²) in [5.74, 6) is -0.291. The Morgan fingerprint density at radius 3 is 2.23 bits per heavy atom. The first-order chi connectivity index (χ1) is 12.2. The predicted octanol–water partition coefficient (Wildman–Crippen LogP) is 4.34. The highest BCUT2D eigenvalue weighted by molar-refractivity contribution is 7.80. The Labute approximate surface area is 173 Å². The van der Waals surface area contributed by atoms with Gasteiger partial charge >= 0.3 is 0 Å². The third kappa shape index (κ3) is 7.00. The fourth-order valence-corrected chi connectivity index (χ4v) is 2.69. The van der Waals surface area contributed by atoms with Crippen molar-refractivity contribution in [1.29, 1.82) is 0 Å². The van der Waals surface area contributed by atoms with Crippen LogP contribution < -0.4 is 16.0 Å². The van der Waals surface area contributed by atoms with Gasteiger partial charge in [0.15, 0.2) is 5.11 Å². The largest absolute Gasteiger partial charge is 0.339 e. The molecule has 0 spiro atoms. The summed E-state index contributed by atoms with van der Waals surface area (Å²) >= 11 is 23.2. The van der Waals surface area contributed by atoms with E-state index in [-0.39, 0.29) is 17.4 Å². The topological polar surface area (TPSA) is 53.2 Å². The number of halogens is 3. The average Bonchev–Trinajstić information content (AvgIpc) is 2.56. The van der Waals surface area contributed by atoms with Crippen LogP contribution in [0.15, 0.2) is 54.6 Å². The van der Waals surface area contributed by atoms with Crippen LogP contribution in [0.2, 0.25) is 0 Å². The van der Waals surface area contributed by atoms with Gasteiger partial charge in [0.05, 0.1) is 6.42 Å². The van der Waals surface area contributed by atoms with Gasteiger partial charge in [-0.15, -0.1) is 0 Å². The fourth-order valence-electron chi connectivity index (χ4n) is 2.12. The van der Waals surface area contributed by atoms with Crippen molar-refractivity contribution < 1.29 is 4.79 Å². The Morgan fingerprint density at radius 2 is 1.65 bits per heavy atom. The van der Waals surface area contributed by atoms with Crippen LogP contribution in [0.1, 0.15) is 11.1 Å². The van der Waals surface area contributed by atoms with Crippen molar-refractivity contribution in [3.8, 4) is 0 Å². The summed E-state index contributed by atoms with van der Waals surface area (Å²) in [7, 11) is 0. The molecule has 8 heteroatoms. The van der Waals surface area contributed by atoms with Crippen LogP contribution in [0.5, 0.6) is 0 Å². The molecular formula is C18H18Cl3N3OS. The first-order valence-corrected chi connectivity index (χ1v) is 9.32. The van der Waals surface area contributed by atoms with Gasteiger partial charge in [0.2, 0.25) is 9.70 Å². The van der Waals surface area contributed by atoms with Gasteiger partial charge in [0.1, 0.15) is 6.17 Å². The van der Waals surface area contributed by atoms with E-state index in [1.165, 1.54) is 0 Å². The van der Waals surface area contributed by atoms with Crippen molar-refractivity contribution >= 4 is 63.7 Å². The number of amides is 1. The highest BCUT2D eigenvalue weighted by atomic mass is 35.6. The zero-order valence-corrected chi connectivity index (χ0v) is 17.0. The van der Waals surface area contributed by atoms with Gasteiger partial charge in [0.25, 0.3) is 0 Å². The standard InChI is InChI=1S/C18H18Cl3N3OS/c1-12-7-9-13(10-8-12)11-15(25)23-16(18(19,20)21)24-17(26)22-14-5-3-2-4-6-14/h2-10,16H,11H2,1H3,(H,23,25)(H2,22,24,26). The van der Waals surface area contributed by atoms with E-state index in [0.29, 0.717) is 0 Å². The monoisotopic (exact) mass is 429 g/mol. The van der Waals surface area contributed by atoms with Crippen LogP contribution in [0.3, 0.4) is 0 Å². The van der Waals surface area contributed by atoms with Crippen LogP contribution in [0.4, 0.5) is 5.69 Å². The van der Waals surface area contributed by atoms with Crippen molar-refractivity contribution in [3.63, 3.8) is 0 Å². The lowest BCUT2D eigenvalue weighted by Crippen LogP contribution is -2.56. The number of alkyl halides is 3. The molecule has 1 unspecified atom stereocenters. The molecule has 2 aromatic carbocycles. The SMILES string of the molecule is Cc1ccc(CC(=O)NC(NC(=S)Nc2ccccc2)C(Cl)(Cl)Cl)cc1. The highest BCUT2D eigenvalue weighted by Crippen LogP contribution is 2.29. The second-order valence-corrected chi connectivity index (χ2v) is 8.45. The molecule has 0 heterocycles. The highest BCUT2D eigenvalue weighted by Gasteiger charge is 2.34. The molecule has 0 aromatic heterocycles. The quantitative estimate of drug-likeness (QED) is 0.375. The molecule has 0 aliphatic rings. The molecule has 4 nitrogen and oxygen atoms in total. The third-order valence-electron chi connectivity index (χ3n) is 3.43. The zero-order valence-electron chi connectivity index (χ0n) is 13.9. The first-order valence-electron chi connectivity index (χ1n) is 7.78. The summed E-state index contributed by atoms with van der Waals surface area (Å²) in [5.41, 5.74) is 2.76. The van der Waals surface area contributed by atoms with Crippen molar-refractivity contribution in [1.82, 2.24) is 10.6 Å². The lowest BCUT2D eigenvalue weighted by atomic mass is 10.1. The average molecular weight is 431 g/mol. The van der Waals surface area contributed by atoms with Gasteiger partial charge < -0.3 is 16.0 Å². The van der Waals surface area contributed by atoms with Crippen LogP contribution in [0.25, 0.3) is 0 Å². The Kier molecular flexibility index (Phi) is 7.53. The normalized spacial score (nSPS) is 12.2. The van der Waals surface area contributed by atoms with Gasteiger partial charge in [-0.2, -0.15) is 0 Å². The molecule has 0 aliphatic carbocycles. The lowest BCUT2D eigenvalue weighted by molar-refractivity contribution is -0.121. The number of aryl methyl sites for hydroxylation is 1. The van der Waals surface area contributed by atoms with E-state index in [4.69, 9.17) is 47.0 Å². The number of rotatable bonds is 5. The molecule has 2 rings (SSSR count). The summed E-state index contributed by atoms with van der Waals surface area (Å²) in [6.45, 7) is 1.98. The molecule has 2 aromatic rings.